The fourth-order valence-electron chi connectivity index (χ4n) is 4.77. The molecule has 1 fully saturated rings. The van der Waals surface area contributed by atoms with E-state index in [4.69, 9.17) is 5.11 Å². The number of carbonyl (C=O) groups excluding carboxylic acids is 1. The number of likely N-dealkylation sites (tertiary alicyclic amines) is 1. The van der Waals surface area contributed by atoms with Gasteiger partial charge in [-0.05, 0) is 74.0 Å². The number of azo groups is 1. The molecule has 9 heteroatoms. The maximum Gasteiger partial charge on any atom is 0.317 e. The highest BCUT2D eigenvalue weighted by atomic mass is 16.4. The zero-order chi connectivity index (χ0) is 25.3. The molecule has 9 nitrogen and oxygen atoms in total. The Labute approximate surface area is 204 Å². The lowest BCUT2D eigenvalue weighted by Crippen LogP contribution is -2.36. The van der Waals surface area contributed by atoms with Crippen LogP contribution in [0.3, 0.4) is 0 Å². The van der Waals surface area contributed by atoms with Crippen LogP contribution in [0.1, 0.15) is 47.1 Å². The van der Waals surface area contributed by atoms with Crippen molar-refractivity contribution in [3.8, 4) is 5.75 Å². The van der Waals surface area contributed by atoms with Gasteiger partial charge < -0.3 is 20.2 Å². The molecule has 0 radical (unpaired) electrons. The van der Waals surface area contributed by atoms with Crippen molar-refractivity contribution in [1.29, 1.82) is 0 Å². The number of hydrogen-bond acceptors (Lipinski definition) is 7. The Kier molecular flexibility index (Phi) is 6.88. The third-order valence-corrected chi connectivity index (χ3v) is 6.95. The van der Waals surface area contributed by atoms with E-state index in [1.165, 1.54) is 4.90 Å². The molecule has 0 bridgehead atoms. The number of carbonyl (C=O) groups is 2. The minimum atomic E-state index is -0.849. The molecule has 2 aliphatic heterocycles. The van der Waals surface area contributed by atoms with E-state index in [2.05, 4.69) is 10.2 Å². The van der Waals surface area contributed by atoms with Crippen LogP contribution in [-0.4, -0.2) is 63.7 Å². The first kappa shape index (κ1) is 24.4. The molecule has 0 spiro atoms. The first-order valence-electron chi connectivity index (χ1n) is 11.6. The van der Waals surface area contributed by atoms with Gasteiger partial charge in [-0.3, -0.25) is 14.5 Å². The number of hydrogen-bond donors (Lipinski definition) is 3. The van der Waals surface area contributed by atoms with Crippen molar-refractivity contribution >= 4 is 17.6 Å². The quantitative estimate of drug-likeness (QED) is 0.530. The third-order valence-electron chi connectivity index (χ3n) is 6.95. The van der Waals surface area contributed by atoms with Crippen LogP contribution in [0.5, 0.6) is 5.75 Å². The number of benzene rings is 2. The van der Waals surface area contributed by atoms with E-state index in [0.29, 0.717) is 25.9 Å². The van der Waals surface area contributed by atoms with Crippen LogP contribution in [0.15, 0.2) is 58.1 Å². The van der Waals surface area contributed by atoms with Gasteiger partial charge >= 0.3 is 5.97 Å². The lowest BCUT2D eigenvalue weighted by Gasteiger charge is -2.31. The number of aliphatic hydroxyl groups excluding tert-OH is 1. The average Bonchev–Trinajstić information content (AvgIpc) is 3.03. The van der Waals surface area contributed by atoms with Gasteiger partial charge in [-0.15, -0.1) is 10.2 Å². The number of aliphatic hydroxyl groups is 1. The number of aliphatic carboxylic acids is 1. The summed E-state index contributed by atoms with van der Waals surface area (Å²) < 4.78 is 0. The largest absolute Gasteiger partial charge is 0.507 e. The summed E-state index contributed by atoms with van der Waals surface area (Å²) in [7, 11) is 1.61. The molecule has 3 N–H and O–H groups in total. The minimum Gasteiger partial charge on any atom is -0.507 e. The van der Waals surface area contributed by atoms with Gasteiger partial charge in [0.05, 0.1) is 6.54 Å². The molecule has 2 aromatic rings. The lowest BCUT2D eigenvalue weighted by molar-refractivity contribution is -0.138. The average molecular weight is 479 g/mol. The number of carboxylic acids is 1. The van der Waals surface area contributed by atoms with E-state index in [-0.39, 0.29) is 35.4 Å². The zero-order valence-corrected chi connectivity index (χ0v) is 20.1. The van der Waals surface area contributed by atoms with Crippen LogP contribution in [0.4, 0.5) is 5.69 Å². The molecule has 184 valence electrons. The number of carboxylic acid groups (broad SMARTS) is 1. The molecule has 4 rings (SSSR count). The van der Waals surface area contributed by atoms with E-state index in [1.54, 1.807) is 19.2 Å². The van der Waals surface area contributed by atoms with Crippen LogP contribution < -0.4 is 0 Å². The molecule has 2 aromatic carbocycles. The fourth-order valence-corrected chi connectivity index (χ4v) is 4.77. The van der Waals surface area contributed by atoms with E-state index >= 15 is 0 Å². The van der Waals surface area contributed by atoms with Crippen molar-refractivity contribution in [2.45, 2.75) is 38.6 Å². The van der Waals surface area contributed by atoms with Crippen molar-refractivity contribution < 1.29 is 24.9 Å². The molecule has 2 heterocycles. The van der Waals surface area contributed by atoms with Gasteiger partial charge in [0.2, 0.25) is 0 Å². The predicted octanol–water partition coefficient (Wildman–Crippen LogP) is 4.34. The number of likely N-dealkylation sites (N-methyl/N-ethyl adjacent to an activating group) is 1. The summed E-state index contributed by atoms with van der Waals surface area (Å²) >= 11 is 0. The Bertz CT molecular complexity index is 1210. The van der Waals surface area contributed by atoms with E-state index in [0.717, 1.165) is 22.3 Å². The predicted molar refractivity (Wildman–Crippen MR) is 130 cm³/mol. The van der Waals surface area contributed by atoms with Crippen LogP contribution in [0.25, 0.3) is 0 Å². The maximum atomic E-state index is 12.8. The highest BCUT2D eigenvalue weighted by molar-refractivity contribution is 5.96. The number of aromatic hydroxyl groups is 1. The fraction of sp³-hybridized carbons (Fsp3) is 0.385. The van der Waals surface area contributed by atoms with Gasteiger partial charge in [0.25, 0.3) is 5.91 Å². The van der Waals surface area contributed by atoms with Crippen LogP contribution in [0, 0.1) is 13.8 Å². The molecule has 2 aliphatic rings. The first-order valence-corrected chi connectivity index (χ1v) is 11.6. The molecule has 35 heavy (non-hydrogen) atoms. The second kappa shape index (κ2) is 9.87. The van der Waals surface area contributed by atoms with Crippen molar-refractivity contribution in [3.05, 3.63) is 70.1 Å². The second-order valence-electron chi connectivity index (χ2n) is 9.26. The van der Waals surface area contributed by atoms with E-state index < -0.39 is 17.9 Å². The van der Waals surface area contributed by atoms with Crippen LogP contribution in [0.2, 0.25) is 0 Å². The molecule has 0 saturated carbocycles. The second-order valence-corrected chi connectivity index (χ2v) is 9.26. The summed E-state index contributed by atoms with van der Waals surface area (Å²) in [5, 5.41) is 38.9. The number of aryl methyl sites for hydroxylation is 2. The Morgan fingerprint density at radius 2 is 1.77 bits per heavy atom. The summed E-state index contributed by atoms with van der Waals surface area (Å²) in [5.41, 5.74) is 3.74. The maximum absolute atomic E-state index is 12.8. The number of nitrogens with zero attached hydrogens (tertiary/aromatic N) is 4. The summed E-state index contributed by atoms with van der Waals surface area (Å²) in [6.07, 6.45) is 1.43. The van der Waals surface area contributed by atoms with Crippen molar-refractivity contribution in [1.82, 2.24) is 9.80 Å². The number of phenolic OH excluding ortho intramolecular Hbond substituents is 1. The molecule has 1 unspecified atom stereocenters. The molecule has 0 aromatic heterocycles. The SMILES string of the molecule is Cc1ccc(C2C(O)=C(N=Nc3cccc(C4CCN(CC(=O)O)CC4)c3O)C(=O)N2C)cc1C. The monoisotopic (exact) mass is 478 g/mol. The van der Waals surface area contributed by atoms with Gasteiger partial charge in [0, 0.05) is 7.05 Å². The van der Waals surface area contributed by atoms with Crippen molar-refractivity contribution in [2.75, 3.05) is 26.7 Å². The summed E-state index contributed by atoms with van der Waals surface area (Å²) in [4.78, 5) is 27.1. The number of rotatable bonds is 6. The van der Waals surface area contributed by atoms with Gasteiger partial charge in [0.15, 0.2) is 11.5 Å². The normalized spacial score (nSPS) is 19.8. The lowest BCUT2D eigenvalue weighted by atomic mass is 9.88. The van der Waals surface area contributed by atoms with E-state index in [9.17, 15) is 19.8 Å². The Morgan fingerprint density at radius 1 is 1.06 bits per heavy atom. The van der Waals surface area contributed by atoms with Crippen LogP contribution >= 0.6 is 0 Å². The number of amides is 1. The molecule has 1 amide bonds. The standard InChI is InChI=1S/C26H30N4O5/c1-15-7-8-18(13-16(15)2)23-25(34)22(26(35)29(23)3)28-27-20-6-4-5-19(24(20)33)17-9-11-30(12-10-17)14-21(31)32/h4-8,13,17,23,33-34H,9-12,14H2,1-3H3,(H,31,32). The Balaban J connectivity index is 1.55. The minimum absolute atomic E-state index is 0.0111. The van der Waals surface area contributed by atoms with E-state index in [1.807, 2.05) is 43.0 Å². The van der Waals surface area contributed by atoms with Gasteiger partial charge in [0.1, 0.15) is 17.5 Å². The summed E-state index contributed by atoms with van der Waals surface area (Å²) in [6, 6.07) is 10.3. The smallest absolute Gasteiger partial charge is 0.317 e. The molecular formula is C26H30N4O5. The highest BCUT2D eigenvalue weighted by Crippen LogP contribution is 2.41. The molecular weight excluding hydrogens is 448 g/mol. The third kappa shape index (κ3) is 4.90. The Hall–Kier alpha value is -3.72. The highest BCUT2D eigenvalue weighted by Gasteiger charge is 2.39. The zero-order valence-electron chi connectivity index (χ0n) is 20.1. The summed E-state index contributed by atoms with van der Waals surface area (Å²) in [5.74, 6) is -1.42. The van der Waals surface area contributed by atoms with Gasteiger partial charge in [-0.25, -0.2) is 0 Å². The number of piperidine rings is 1. The van der Waals surface area contributed by atoms with Crippen LogP contribution in [-0.2, 0) is 9.59 Å². The van der Waals surface area contributed by atoms with Crippen molar-refractivity contribution in [2.24, 2.45) is 10.2 Å². The van der Waals surface area contributed by atoms with Gasteiger partial charge in [-0.1, -0.05) is 30.3 Å². The Morgan fingerprint density at radius 3 is 2.43 bits per heavy atom. The number of phenols is 1. The molecule has 1 saturated heterocycles. The molecule has 0 aliphatic carbocycles. The van der Waals surface area contributed by atoms with Gasteiger partial charge in [-0.2, -0.15) is 0 Å². The molecule has 1 atom stereocenters. The topological polar surface area (TPSA) is 126 Å². The summed E-state index contributed by atoms with van der Waals surface area (Å²) in [6.45, 7) is 5.24. The first-order chi connectivity index (χ1) is 16.7. The van der Waals surface area contributed by atoms with Crippen molar-refractivity contribution in [3.63, 3.8) is 0 Å². The number of para-hydroxylation sites is 1.